The van der Waals surface area contributed by atoms with Gasteiger partial charge < -0.3 is 10.2 Å². The molecule has 0 radical (unpaired) electrons. The lowest BCUT2D eigenvalue weighted by molar-refractivity contribution is 0.0583. The van der Waals surface area contributed by atoms with E-state index < -0.39 is 12.2 Å². The summed E-state index contributed by atoms with van der Waals surface area (Å²) < 4.78 is 0. The second-order valence-electron chi connectivity index (χ2n) is 4.28. The minimum absolute atomic E-state index is 0.180. The van der Waals surface area contributed by atoms with Crippen molar-refractivity contribution < 1.29 is 10.2 Å². The van der Waals surface area contributed by atoms with Gasteiger partial charge in [0.1, 0.15) is 12.2 Å². The van der Waals surface area contributed by atoms with Gasteiger partial charge in [0, 0.05) is 5.71 Å². The van der Waals surface area contributed by atoms with E-state index in [0.29, 0.717) is 6.42 Å². The van der Waals surface area contributed by atoms with Crippen LogP contribution in [0.1, 0.15) is 18.9 Å². The first-order valence-corrected chi connectivity index (χ1v) is 5.65. The molecule has 0 saturated carbocycles. The Balaban J connectivity index is 1.94. The van der Waals surface area contributed by atoms with Crippen LogP contribution < -0.4 is 0 Å². The summed E-state index contributed by atoms with van der Waals surface area (Å²) in [5.41, 5.74) is 1.95. The molecule has 3 heteroatoms. The number of hydrogen-bond acceptors (Lipinski definition) is 3. The first-order valence-electron chi connectivity index (χ1n) is 5.65. The average molecular weight is 219 g/mol. The van der Waals surface area contributed by atoms with Crippen molar-refractivity contribution in [2.45, 2.75) is 38.0 Å². The molecule has 0 saturated heterocycles. The molecule has 3 atom stereocenters. The maximum atomic E-state index is 9.73. The van der Waals surface area contributed by atoms with Crippen LogP contribution >= 0.6 is 0 Å². The van der Waals surface area contributed by atoms with Crippen LogP contribution in [0.3, 0.4) is 0 Å². The third kappa shape index (κ3) is 2.31. The molecule has 0 spiro atoms. The number of aliphatic hydroxyl groups excluding tert-OH is 2. The Morgan fingerprint density at radius 2 is 1.81 bits per heavy atom. The first kappa shape index (κ1) is 11.3. The summed E-state index contributed by atoms with van der Waals surface area (Å²) in [5, 5.41) is 19.3. The van der Waals surface area contributed by atoms with Gasteiger partial charge in [-0.05, 0) is 25.3 Å². The van der Waals surface area contributed by atoms with Crippen LogP contribution in [-0.4, -0.2) is 34.2 Å². The molecule has 1 aliphatic heterocycles. The Labute approximate surface area is 95.5 Å². The molecule has 1 aromatic rings. The van der Waals surface area contributed by atoms with Gasteiger partial charge in [0.25, 0.3) is 0 Å². The lowest BCUT2D eigenvalue weighted by Gasteiger charge is -2.12. The zero-order chi connectivity index (χ0) is 11.5. The monoisotopic (exact) mass is 219 g/mol. The number of nitrogens with zero attached hydrogens (tertiary/aromatic N) is 1. The van der Waals surface area contributed by atoms with Crippen molar-refractivity contribution >= 4 is 5.71 Å². The third-order valence-corrected chi connectivity index (χ3v) is 3.04. The highest BCUT2D eigenvalue weighted by molar-refractivity contribution is 5.91. The number of aliphatic imine (C=N–C) groups is 1. The lowest BCUT2D eigenvalue weighted by atomic mass is 10.0. The van der Waals surface area contributed by atoms with E-state index in [1.54, 1.807) is 0 Å². The van der Waals surface area contributed by atoms with Crippen molar-refractivity contribution in [1.29, 1.82) is 0 Å². The Morgan fingerprint density at radius 1 is 1.12 bits per heavy atom. The van der Waals surface area contributed by atoms with Gasteiger partial charge in [-0.2, -0.15) is 0 Å². The van der Waals surface area contributed by atoms with Crippen LogP contribution in [0.15, 0.2) is 35.3 Å². The zero-order valence-corrected chi connectivity index (χ0v) is 9.37. The van der Waals surface area contributed by atoms with Gasteiger partial charge in [-0.25, -0.2) is 0 Å². The molecule has 1 aromatic carbocycles. The van der Waals surface area contributed by atoms with Crippen molar-refractivity contribution in [1.82, 2.24) is 0 Å². The van der Waals surface area contributed by atoms with E-state index in [1.807, 2.05) is 25.1 Å². The van der Waals surface area contributed by atoms with Crippen LogP contribution in [0.25, 0.3) is 0 Å². The largest absolute Gasteiger partial charge is 0.388 e. The van der Waals surface area contributed by atoms with E-state index in [1.165, 1.54) is 5.56 Å². The highest BCUT2D eigenvalue weighted by Crippen LogP contribution is 2.18. The Morgan fingerprint density at radius 3 is 2.38 bits per heavy atom. The highest BCUT2D eigenvalue weighted by atomic mass is 16.3. The number of hydrogen-bond donors (Lipinski definition) is 2. The van der Waals surface area contributed by atoms with Crippen LogP contribution in [0.5, 0.6) is 0 Å². The van der Waals surface area contributed by atoms with Crippen LogP contribution in [0, 0.1) is 0 Å². The van der Waals surface area contributed by atoms with Crippen LogP contribution in [-0.2, 0) is 6.42 Å². The Hall–Kier alpha value is -1.19. The normalized spacial score (nSPS) is 29.2. The fourth-order valence-corrected chi connectivity index (χ4v) is 2.00. The molecule has 2 N–H and O–H groups in total. The van der Waals surface area contributed by atoms with E-state index in [0.717, 1.165) is 12.1 Å². The smallest absolute Gasteiger partial charge is 0.120 e. The minimum Gasteiger partial charge on any atom is -0.388 e. The third-order valence-electron chi connectivity index (χ3n) is 3.04. The topological polar surface area (TPSA) is 52.8 Å². The summed E-state index contributed by atoms with van der Waals surface area (Å²) in [6, 6.07) is 9.92. The van der Waals surface area contributed by atoms with E-state index in [2.05, 4.69) is 17.1 Å². The van der Waals surface area contributed by atoms with Gasteiger partial charge >= 0.3 is 0 Å². The molecular formula is C13H17NO2. The summed E-state index contributed by atoms with van der Waals surface area (Å²) >= 11 is 0. The van der Waals surface area contributed by atoms with Crippen molar-refractivity contribution in [2.75, 3.05) is 0 Å². The summed E-state index contributed by atoms with van der Waals surface area (Å²) in [6.45, 7) is 1.82. The summed E-state index contributed by atoms with van der Waals surface area (Å²) in [4.78, 5) is 4.28. The molecule has 0 unspecified atom stereocenters. The van der Waals surface area contributed by atoms with Gasteiger partial charge in [0.05, 0.1) is 6.04 Å². The summed E-state index contributed by atoms with van der Waals surface area (Å²) in [7, 11) is 0. The average Bonchev–Trinajstić information content (AvgIpc) is 2.56. The van der Waals surface area contributed by atoms with Crippen molar-refractivity contribution in [3.05, 3.63) is 35.9 Å². The zero-order valence-electron chi connectivity index (χ0n) is 9.37. The van der Waals surface area contributed by atoms with Gasteiger partial charge in [-0.15, -0.1) is 0 Å². The minimum atomic E-state index is -0.779. The summed E-state index contributed by atoms with van der Waals surface area (Å²) in [6.07, 6.45) is 0.0624. The van der Waals surface area contributed by atoms with E-state index in [9.17, 15) is 10.2 Å². The first-order chi connectivity index (χ1) is 7.68. The predicted molar refractivity (Wildman–Crippen MR) is 63.7 cm³/mol. The van der Waals surface area contributed by atoms with Crippen LogP contribution in [0.4, 0.5) is 0 Å². The molecule has 0 aliphatic carbocycles. The molecule has 1 aliphatic rings. The van der Waals surface area contributed by atoms with Crippen molar-refractivity contribution in [2.24, 2.45) is 4.99 Å². The molecule has 1 heterocycles. The molecule has 0 amide bonds. The fraction of sp³-hybridized carbons (Fsp3) is 0.462. The van der Waals surface area contributed by atoms with Gasteiger partial charge in [0.2, 0.25) is 0 Å². The predicted octanol–water partition coefficient (Wildman–Crippen LogP) is 1.18. The number of benzene rings is 1. The molecule has 0 aromatic heterocycles. The summed E-state index contributed by atoms with van der Waals surface area (Å²) in [5.74, 6) is 0. The van der Waals surface area contributed by atoms with Crippen molar-refractivity contribution in [3.8, 4) is 0 Å². The maximum absolute atomic E-state index is 9.73. The fourth-order valence-electron chi connectivity index (χ4n) is 2.00. The Bertz CT molecular complexity index is 375. The molecular weight excluding hydrogens is 202 g/mol. The molecule has 2 rings (SSSR count). The number of aliphatic hydroxyl groups is 2. The van der Waals surface area contributed by atoms with E-state index in [-0.39, 0.29) is 6.04 Å². The van der Waals surface area contributed by atoms with Gasteiger partial charge in [-0.1, -0.05) is 30.3 Å². The van der Waals surface area contributed by atoms with Gasteiger partial charge in [0.15, 0.2) is 0 Å². The van der Waals surface area contributed by atoms with E-state index >= 15 is 0 Å². The molecule has 86 valence electrons. The van der Waals surface area contributed by atoms with Gasteiger partial charge in [-0.3, -0.25) is 4.99 Å². The standard InChI is InChI=1S/C13H17NO2/c1-9-12(15)13(16)11(14-9)8-7-10-5-3-2-4-6-10/h2-6,9,12-13,15-16H,7-8H2,1H3/t9-,12+,13-/m0/s1. The molecule has 3 nitrogen and oxygen atoms in total. The molecule has 0 bridgehead atoms. The Kier molecular flexibility index (Phi) is 3.36. The number of aryl methyl sites for hydroxylation is 1. The quantitative estimate of drug-likeness (QED) is 0.802. The molecule has 16 heavy (non-hydrogen) atoms. The SMILES string of the molecule is C[C@@H]1N=C(CCc2ccccc2)[C@H](O)[C@@H]1O. The lowest BCUT2D eigenvalue weighted by Crippen LogP contribution is -2.32. The van der Waals surface area contributed by atoms with Crippen LogP contribution in [0.2, 0.25) is 0 Å². The second kappa shape index (κ2) is 4.76. The second-order valence-corrected chi connectivity index (χ2v) is 4.28. The maximum Gasteiger partial charge on any atom is 0.120 e. The van der Waals surface area contributed by atoms with Crippen molar-refractivity contribution in [3.63, 3.8) is 0 Å². The highest BCUT2D eigenvalue weighted by Gasteiger charge is 2.32. The van der Waals surface area contributed by atoms with E-state index in [4.69, 9.17) is 0 Å². The number of rotatable bonds is 3. The molecule has 0 fully saturated rings.